The van der Waals surface area contributed by atoms with E-state index in [0.717, 1.165) is 9.08 Å². The van der Waals surface area contributed by atoms with Crippen LogP contribution in [0.2, 0.25) is 0 Å². The Morgan fingerprint density at radius 2 is 1.62 bits per heavy atom. The molecule has 4 rings (SSSR count). The molecule has 130 valence electrons. The number of aromatic nitrogens is 3. The van der Waals surface area contributed by atoms with Crippen molar-refractivity contribution < 1.29 is 9.53 Å². The van der Waals surface area contributed by atoms with Crippen LogP contribution >= 0.6 is 0 Å². The van der Waals surface area contributed by atoms with Gasteiger partial charge < -0.3 is 4.74 Å². The van der Waals surface area contributed by atoms with Crippen molar-refractivity contribution in [3.05, 3.63) is 81.3 Å². The first-order chi connectivity index (χ1) is 12.5. The molecule has 0 aliphatic rings. The number of Topliss-reactive ketones (excluding diaryl/α,β-unsaturated/α-hetero) is 1. The zero-order valence-corrected chi connectivity index (χ0v) is 14.2. The zero-order chi connectivity index (χ0) is 18.4. The molecule has 7 nitrogen and oxygen atoms in total. The molecule has 0 radical (unpaired) electrons. The molecule has 0 bridgehead atoms. The van der Waals surface area contributed by atoms with E-state index >= 15 is 0 Å². The van der Waals surface area contributed by atoms with Crippen LogP contribution in [-0.4, -0.2) is 26.5 Å². The van der Waals surface area contributed by atoms with E-state index in [9.17, 15) is 14.4 Å². The van der Waals surface area contributed by atoms with Gasteiger partial charge in [0, 0.05) is 18.4 Å². The number of hydrogen-bond donors (Lipinski definition) is 0. The van der Waals surface area contributed by atoms with Gasteiger partial charge in [0.05, 0.1) is 18.3 Å². The first kappa shape index (κ1) is 15.9. The number of ether oxygens (including phenoxy) is 1. The molecule has 2 aromatic heterocycles. The van der Waals surface area contributed by atoms with Crippen LogP contribution in [0.5, 0.6) is 5.75 Å². The number of carbonyl (C=O) groups excluding carboxylic acids is 1. The van der Waals surface area contributed by atoms with Crippen molar-refractivity contribution in [3.63, 3.8) is 0 Å². The highest BCUT2D eigenvalue weighted by molar-refractivity contribution is 5.95. The van der Waals surface area contributed by atoms with Gasteiger partial charge in [-0.15, -0.1) is 0 Å². The monoisotopic (exact) mass is 349 g/mol. The summed E-state index contributed by atoms with van der Waals surface area (Å²) >= 11 is 0. The first-order valence-corrected chi connectivity index (χ1v) is 7.97. The maximum absolute atomic E-state index is 13.1. The number of nitrogens with zero attached hydrogens (tertiary/aromatic N) is 3. The first-order valence-electron chi connectivity index (χ1n) is 7.97. The molecule has 7 heteroatoms. The molecule has 0 aliphatic carbocycles. The molecule has 0 fully saturated rings. The van der Waals surface area contributed by atoms with E-state index in [1.54, 1.807) is 54.6 Å². The fourth-order valence-electron chi connectivity index (χ4n) is 3.08. The van der Waals surface area contributed by atoms with E-state index in [-0.39, 0.29) is 11.5 Å². The second-order valence-corrected chi connectivity index (χ2v) is 5.87. The number of benzene rings is 2. The largest absolute Gasteiger partial charge is 0.497 e. The summed E-state index contributed by atoms with van der Waals surface area (Å²) in [5.74, 6) is 0.231. The molecule has 0 saturated carbocycles. The lowest BCUT2D eigenvalue weighted by Crippen LogP contribution is -2.26. The number of ketones is 1. The van der Waals surface area contributed by atoms with Crippen molar-refractivity contribution in [3.8, 4) is 11.4 Å². The fraction of sp³-hybridized carbons (Fsp3) is 0.105. The van der Waals surface area contributed by atoms with Gasteiger partial charge in [-0.05, 0) is 30.3 Å². The summed E-state index contributed by atoms with van der Waals surface area (Å²) in [5, 5.41) is 0.656. The highest BCUT2D eigenvalue weighted by atomic mass is 16.5. The summed E-state index contributed by atoms with van der Waals surface area (Å²) in [7, 11) is 1.52. The second kappa shape index (κ2) is 5.73. The third-order valence-corrected chi connectivity index (χ3v) is 4.31. The molecule has 2 heterocycles. The topological polar surface area (TPSA) is 74.2 Å². The van der Waals surface area contributed by atoms with Crippen LogP contribution in [0.1, 0.15) is 17.4 Å². The van der Waals surface area contributed by atoms with E-state index in [1.165, 1.54) is 18.5 Å². The Morgan fingerprint density at radius 1 is 0.923 bits per heavy atom. The molecule has 0 amide bonds. The van der Waals surface area contributed by atoms with Crippen molar-refractivity contribution in [2.75, 3.05) is 7.11 Å². The van der Waals surface area contributed by atoms with Gasteiger partial charge in [-0.3, -0.25) is 4.79 Å². The highest BCUT2D eigenvalue weighted by Gasteiger charge is 2.20. The molecule has 0 atom stereocenters. The van der Waals surface area contributed by atoms with Crippen LogP contribution in [0, 0.1) is 0 Å². The van der Waals surface area contributed by atoms with Gasteiger partial charge in [0.25, 0.3) is 0 Å². The smallest absolute Gasteiger partial charge is 0.357 e. The van der Waals surface area contributed by atoms with E-state index in [0.29, 0.717) is 22.3 Å². The summed E-state index contributed by atoms with van der Waals surface area (Å²) in [5.41, 5.74) is -0.103. The predicted molar refractivity (Wildman–Crippen MR) is 96.8 cm³/mol. The average Bonchev–Trinajstić information content (AvgIpc) is 2.92. The summed E-state index contributed by atoms with van der Waals surface area (Å²) in [6.45, 7) is 1.36. The molecule has 4 aromatic rings. The van der Waals surface area contributed by atoms with Crippen LogP contribution in [0.15, 0.2) is 64.2 Å². The number of para-hydroxylation sites is 1. The number of fused-ring (bicyclic) bond motifs is 3. The van der Waals surface area contributed by atoms with E-state index in [1.807, 2.05) is 0 Å². The van der Waals surface area contributed by atoms with Crippen molar-refractivity contribution >= 4 is 16.7 Å². The van der Waals surface area contributed by atoms with Gasteiger partial charge in [0.1, 0.15) is 11.4 Å². The van der Waals surface area contributed by atoms with Gasteiger partial charge in [0.2, 0.25) is 0 Å². The number of carbonyl (C=O) groups is 1. The van der Waals surface area contributed by atoms with Gasteiger partial charge in [-0.1, -0.05) is 18.2 Å². The fourth-order valence-corrected chi connectivity index (χ4v) is 3.08. The van der Waals surface area contributed by atoms with E-state index in [2.05, 4.69) is 0 Å². The summed E-state index contributed by atoms with van der Waals surface area (Å²) in [4.78, 5) is 38.2. The molecule has 2 aromatic carbocycles. The zero-order valence-electron chi connectivity index (χ0n) is 14.2. The lowest BCUT2D eigenvalue weighted by Gasteiger charge is -2.08. The van der Waals surface area contributed by atoms with Crippen LogP contribution in [0.4, 0.5) is 0 Å². The SMILES string of the molecule is COc1ccc2cc(C(C)=O)n3c(=O)n(-c4ccccc4)c(=O)n3c2c1. The van der Waals surface area contributed by atoms with Crippen molar-refractivity contribution in [1.82, 2.24) is 13.6 Å². The maximum atomic E-state index is 13.1. The molecule has 0 N–H and O–H groups in total. The second-order valence-electron chi connectivity index (χ2n) is 5.87. The lowest BCUT2D eigenvalue weighted by molar-refractivity contribution is 0.100. The predicted octanol–water partition coefficient (Wildman–Crippen LogP) is 1.91. The van der Waals surface area contributed by atoms with Gasteiger partial charge in [0.15, 0.2) is 5.78 Å². The Balaban J connectivity index is 2.27. The molecule has 26 heavy (non-hydrogen) atoms. The lowest BCUT2D eigenvalue weighted by atomic mass is 10.2. The van der Waals surface area contributed by atoms with Crippen LogP contribution in [0.25, 0.3) is 16.6 Å². The average molecular weight is 349 g/mol. The van der Waals surface area contributed by atoms with E-state index < -0.39 is 11.4 Å². The number of methoxy groups -OCH3 is 1. The van der Waals surface area contributed by atoms with Crippen molar-refractivity contribution in [1.29, 1.82) is 0 Å². The van der Waals surface area contributed by atoms with Crippen LogP contribution in [0.3, 0.4) is 0 Å². The van der Waals surface area contributed by atoms with Gasteiger partial charge in [-0.25, -0.2) is 14.2 Å². The third-order valence-electron chi connectivity index (χ3n) is 4.31. The van der Waals surface area contributed by atoms with Gasteiger partial charge >= 0.3 is 11.4 Å². The maximum Gasteiger partial charge on any atom is 0.357 e. The van der Waals surface area contributed by atoms with Crippen LogP contribution in [-0.2, 0) is 0 Å². The quantitative estimate of drug-likeness (QED) is 0.530. The molecule has 0 spiro atoms. The van der Waals surface area contributed by atoms with E-state index in [4.69, 9.17) is 4.74 Å². The minimum atomic E-state index is -0.601. The summed E-state index contributed by atoms with van der Waals surface area (Å²) in [6, 6.07) is 15.4. The Labute approximate surface area is 147 Å². The van der Waals surface area contributed by atoms with Crippen molar-refractivity contribution in [2.45, 2.75) is 6.92 Å². The number of hydrogen-bond acceptors (Lipinski definition) is 4. The Morgan fingerprint density at radius 3 is 2.27 bits per heavy atom. The molecular weight excluding hydrogens is 334 g/mol. The standard InChI is InChI=1S/C19H15N3O4/c1-12(23)16-10-13-8-9-15(26-2)11-17(13)22-19(25)20(18(24)21(16)22)14-6-4-3-5-7-14/h3-11H,1-2H3. The molecular formula is C19H15N3O4. The third kappa shape index (κ3) is 2.17. The minimum absolute atomic E-state index is 0.138. The van der Waals surface area contributed by atoms with Gasteiger partial charge in [-0.2, -0.15) is 9.03 Å². The van der Waals surface area contributed by atoms with Crippen LogP contribution < -0.4 is 16.1 Å². The molecule has 0 aliphatic heterocycles. The Hall–Kier alpha value is -3.61. The normalized spacial score (nSPS) is 11.2. The minimum Gasteiger partial charge on any atom is -0.497 e. The summed E-state index contributed by atoms with van der Waals surface area (Å²) < 4.78 is 8.60. The highest BCUT2D eigenvalue weighted by Crippen LogP contribution is 2.21. The molecule has 0 saturated heterocycles. The Bertz CT molecular complexity index is 1280. The summed E-state index contributed by atoms with van der Waals surface area (Å²) in [6.07, 6.45) is 0. The van der Waals surface area contributed by atoms with Crippen molar-refractivity contribution in [2.24, 2.45) is 0 Å². The Kier molecular flexibility index (Phi) is 3.50. The molecule has 0 unspecified atom stereocenters. The number of rotatable bonds is 3.